The van der Waals surface area contributed by atoms with Gasteiger partial charge in [-0.1, -0.05) is 61.9 Å². The summed E-state index contributed by atoms with van der Waals surface area (Å²) in [5.74, 6) is -1.39. The lowest BCUT2D eigenvalue weighted by Crippen LogP contribution is -2.54. The minimum absolute atomic E-state index is 0.145. The number of aliphatic hydroxyl groups excluding tert-OH is 1. The lowest BCUT2D eigenvalue weighted by Gasteiger charge is -2.34. The molecule has 2 atom stereocenters. The van der Waals surface area contributed by atoms with Crippen LogP contribution in [0.1, 0.15) is 52.1 Å². The Morgan fingerprint density at radius 3 is 2.28 bits per heavy atom. The van der Waals surface area contributed by atoms with Crippen molar-refractivity contribution in [2.24, 2.45) is 0 Å². The quantitative estimate of drug-likeness (QED) is 0.297. The monoisotopic (exact) mass is 535 g/mol. The van der Waals surface area contributed by atoms with Gasteiger partial charge in [-0.05, 0) is 56.2 Å². The maximum Gasteiger partial charge on any atom is 0.408 e. The summed E-state index contributed by atoms with van der Waals surface area (Å²) >= 11 is 0. The molecule has 0 saturated carbocycles. The maximum atomic E-state index is 13.8. The zero-order valence-electron chi connectivity index (χ0n) is 22.8. The fourth-order valence-electron chi connectivity index (χ4n) is 4.18. The molecule has 0 aromatic heterocycles. The zero-order valence-corrected chi connectivity index (χ0v) is 22.8. The highest BCUT2D eigenvalue weighted by Crippen LogP contribution is 2.31. The number of ether oxygens (including phenoxy) is 1. The Balaban J connectivity index is 1.99. The van der Waals surface area contributed by atoms with Gasteiger partial charge in [0.2, 0.25) is 5.91 Å². The van der Waals surface area contributed by atoms with E-state index in [0.29, 0.717) is 18.5 Å². The van der Waals surface area contributed by atoms with Crippen LogP contribution in [0.3, 0.4) is 0 Å². The molecule has 9 heteroatoms. The summed E-state index contributed by atoms with van der Waals surface area (Å²) in [6.07, 6.45) is 0.390. The van der Waals surface area contributed by atoms with Crippen molar-refractivity contribution in [2.45, 2.75) is 58.2 Å². The molecule has 0 aliphatic carbocycles. The molecular formula is C30H37N3O6. The average Bonchev–Trinajstić information content (AvgIpc) is 2.89. The second kappa shape index (κ2) is 13.1. The third-order valence-electron chi connectivity index (χ3n) is 6.02. The second-order valence-corrected chi connectivity index (χ2v) is 10.3. The summed E-state index contributed by atoms with van der Waals surface area (Å²) < 4.78 is 5.26. The summed E-state index contributed by atoms with van der Waals surface area (Å²) in [6, 6.07) is 16.9. The van der Waals surface area contributed by atoms with Gasteiger partial charge >= 0.3 is 6.09 Å². The second-order valence-electron chi connectivity index (χ2n) is 10.3. The third kappa shape index (κ3) is 7.94. The Morgan fingerprint density at radius 2 is 1.64 bits per heavy atom. The summed E-state index contributed by atoms with van der Waals surface area (Å²) in [6.45, 7) is 6.42. The predicted molar refractivity (Wildman–Crippen MR) is 150 cm³/mol. The normalized spacial score (nSPS) is 12.8. The van der Waals surface area contributed by atoms with Crippen molar-refractivity contribution in [3.63, 3.8) is 0 Å². The van der Waals surface area contributed by atoms with Crippen molar-refractivity contribution in [3.05, 3.63) is 72.3 Å². The first-order valence-electron chi connectivity index (χ1n) is 13.0. The number of hydrogen-bond donors (Lipinski definition) is 4. The number of anilines is 1. The number of phenolic OH excluding ortho intramolecular Hbond substituents is 1. The molecule has 0 heterocycles. The van der Waals surface area contributed by atoms with Crippen molar-refractivity contribution >= 4 is 34.4 Å². The van der Waals surface area contributed by atoms with Gasteiger partial charge in [-0.2, -0.15) is 0 Å². The van der Waals surface area contributed by atoms with Crippen molar-refractivity contribution in [2.75, 3.05) is 18.5 Å². The molecule has 3 aromatic carbocycles. The summed E-state index contributed by atoms with van der Waals surface area (Å²) in [7, 11) is 0. The topological polar surface area (TPSA) is 128 Å². The molecule has 0 aliphatic heterocycles. The molecule has 3 rings (SSSR count). The van der Waals surface area contributed by atoms with Crippen molar-refractivity contribution in [3.8, 4) is 5.75 Å². The van der Waals surface area contributed by atoms with Crippen LogP contribution >= 0.6 is 0 Å². The van der Waals surface area contributed by atoms with E-state index in [1.165, 1.54) is 11.0 Å². The number of nitrogens with one attached hydrogen (secondary N) is 2. The van der Waals surface area contributed by atoms with Crippen molar-refractivity contribution in [1.29, 1.82) is 0 Å². The molecule has 0 spiro atoms. The van der Waals surface area contributed by atoms with Crippen LogP contribution < -0.4 is 10.6 Å². The number of unbranched alkanes of at least 4 members (excludes halogenated alkanes) is 1. The lowest BCUT2D eigenvalue weighted by molar-refractivity contribution is -0.141. The number of para-hydroxylation sites is 1. The summed E-state index contributed by atoms with van der Waals surface area (Å²) in [5.41, 5.74) is -0.0746. The highest BCUT2D eigenvalue weighted by Gasteiger charge is 2.37. The van der Waals surface area contributed by atoms with Gasteiger partial charge in [-0.15, -0.1) is 0 Å². The number of carbonyl (C=O) groups excluding carboxylic acids is 3. The number of rotatable bonds is 10. The molecule has 0 fully saturated rings. The van der Waals surface area contributed by atoms with Gasteiger partial charge in [0.25, 0.3) is 5.91 Å². The smallest absolute Gasteiger partial charge is 0.408 e. The van der Waals surface area contributed by atoms with E-state index in [9.17, 15) is 24.6 Å². The first-order chi connectivity index (χ1) is 18.5. The van der Waals surface area contributed by atoms with Crippen LogP contribution in [0.25, 0.3) is 10.8 Å². The molecule has 0 saturated heterocycles. The number of phenols is 1. The Kier molecular flexibility index (Phi) is 9.89. The van der Waals surface area contributed by atoms with Gasteiger partial charge in [-0.25, -0.2) is 4.79 Å². The lowest BCUT2D eigenvalue weighted by atomic mass is 10.0. The molecule has 39 heavy (non-hydrogen) atoms. The summed E-state index contributed by atoms with van der Waals surface area (Å²) in [4.78, 5) is 41.3. The Bertz CT molecular complexity index is 1300. The fraction of sp³-hybridized carbons (Fsp3) is 0.367. The van der Waals surface area contributed by atoms with Crippen molar-refractivity contribution in [1.82, 2.24) is 10.2 Å². The molecule has 208 valence electrons. The number of nitrogens with zero attached hydrogens (tertiary/aromatic N) is 1. The van der Waals surface area contributed by atoms with E-state index in [1.807, 2.05) is 43.3 Å². The molecule has 0 radical (unpaired) electrons. The average molecular weight is 536 g/mol. The molecule has 3 aromatic rings. The number of fused-ring (bicyclic) bond motifs is 1. The van der Waals surface area contributed by atoms with Crippen LogP contribution in [0.4, 0.5) is 10.5 Å². The number of amides is 3. The highest BCUT2D eigenvalue weighted by molar-refractivity contribution is 6.00. The molecule has 2 unspecified atom stereocenters. The maximum absolute atomic E-state index is 13.8. The number of carbonyl (C=O) groups is 3. The standard InChI is InChI=1S/C30H37N3O6/c1-5-6-17-33(28(37)24(19-34)32-29(38)39-30(2,3)4)26(23-13-9-10-14-25(23)35)27(36)31-22-16-15-20-11-7-8-12-21(20)18-22/h7-16,18,24,26,34-35H,5-6,17,19H2,1-4H3,(H,31,36)(H,32,38). The largest absolute Gasteiger partial charge is 0.508 e. The number of benzene rings is 3. The third-order valence-corrected chi connectivity index (χ3v) is 6.02. The minimum Gasteiger partial charge on any atom is -0.508 e. The van der Waals surface area contributed by atoms with E-state index in [0.717, 1.165) is 10.8 Å². The van der Waals surface area contributed by atoms with Crippen LogP contribution in [-0.4, -0.2) is 57.8 Å². The molecule has 9 nitrogen and oxygen atoms in total. The molecule has 0 aliphatic rings. The van der Waals surface area contributed by atoms with E-state index in [-0.39, 0.29) is 17.9 Å². The van der Waals surface area contributed by atoms with Crippen LogP contribution in [-0.2, 0) is 14.3 Å². The highest BCUT2D eigenvalue weighted by atomic mass is 16.6. The Morgan fingerprint density at radius 1 is 0.974 bits per heavy atom. The van der Waals surface area contributed by atoms with Gasteiger partial charge in [0.05, 0.1) is 6.61 Å². The first kappa shape index (κ1) is 29.4. The van der Waals surface area contributed by atoms with E-state index in [1.54, 1.807) is 45.0 Å². The van der Waals surface area contributed by atoms with Crippen LogP contribution in [0, 0.1) is 0 Å². The van der Waals surface area contributed by atoms with Crippen molar-refractivity contribution < 1.29 is 29.3 Å². The van der Waals surface area contributed by atoms with E-state index in [2.05, 4.69) is 10.6 Å². The van der Waals surface area contributed by atoms with Gasteiger partial charge in [0, 0.05) is 17.8 Å². The van der Waals surface area contributed by atoms with E-state index >= 15 is 0 Å². The molecule has 3 amide bonds. The van der Waals surface area contributed by atoms with Gasteiger partial charge < -0.3 is 30.5 Å². The van der Waals surface area contributed by atoms with E-state index < -0.39 is 42.2 Å². The van der Waals surface area contributed by atoms with Gasteiger partial charge in [0.15, 0.2) is 0 Å². The molecule has 4 N–H and O–H groups in total. The molecular weight excluding hydrogens is 498 g/mol. The minimum atomic E-state index is -1.36. The Labute approximate surface area is 228 Å². The Hall–Kier alpha value is -4.11. The SMILES string of the molecule is CCCCN(C(=O)C(CO)NC(=O)OC(C)(C)C)C(C(=O)Nc1ccc2ccccc2c1)c1ccccc1O. The molecule has 0 bridgehead atoms. The first-order valence-corrected chi connectivity index (χ1v) is 13.0. The van der Waals surface area contributed by atoms with Crippen LogP contribution in [0.5, 0.6) is 5.75 Å². The van der Waals surface area contributed by atoms with E-state index in [4.69, 9.17) is 4.74 Å². The van der Waals surface area contributed by atoms with Gasteiger partial charge in [-0.3, -0.25) is 9.59 Å². The number of hydrogen-bond acceptors (Lipinski definition) is 6. The number of aliphatic hydroxyl groups is 1. The zero-order chi connectivity index (χ0) is 28.6. The van der Waals surface area contributed by atoms with Crippen LogP contribution in [0.2, 0.25) is 0 Å². The van der Waals surface area contributed by atoms with Crippen LogP contribution in [0.15, 0.2) is 66.7 Å². The number of aromatic hydroxyl groups is 1. The predicted octanol–water partition coefficient (Wildman–Crippen LogP) is 4.74. The van der Waals surface area contributed by atoms with Gasteiger partial charge in [0.1, 0.15) is 23.4 Å². The number of alkyl carbamates (subject to hydrolysis) is 1. The summed E-state index contributed by atoms with van der Waals surface area (Å²) in [5, 5.41) is 28.0. The fourth-order valence-corrected chi connectivity index (χ4v) is 4.18.